The number of amides is 2. The van der Waals surface area contributed by atoms with E-state index in [2.05, 4.69) is 20.8 Å². The minimum absolute atomic E-state index is 0.0580. The van der Waals surface area contributed by atoms with Crippen molar-refractivity contribution in [1.82, 2.24) is 14.7 Å². The Morgan fingerprint density at radius 2 is 1.76 bits per heavy atom. The SMILES string of the molecule is Cc1ccccc1-n1nc(C(C)(C)C)c2c1N(CC(=O)N1CCCC1)C(=O)CS[C@H]2c1ccccc1F. The zero-order chi connectivity index (χ0) is 26.3. The highest BCUT2D eigenvalue weighted by Gasteiger charge is 2.41. The van der Waals surface area contributed by atoms with Crippen molar-refractivity contribution in [3.05, 3.63) is 76.7 Å². The minimum atomic E-state index is -0.445. The number of carbonyl (C=O) groups is 2. The molecule has 0 unspecified atom stereocenters. The number of benzene rings is 2. The highest BCUT2D eigenvalue weighted by molar-refractivity contribution is 8.00. The molecule has 0 aliphatic carbocycles. The topological polar surface area (TPSA) is 58.4 Å². The third-order valence-electron chi connectivity index (χ3n) is 7.08. The number of para-hydroxylation sites is 1. The number of carbonyl (C=O) groups excluding carboxylic acids is 2. The zero-order valence-electron chi connectivity index (χ0n) is 21.8. The number of thioether (sulfide) groups is 1. The molecule has 0 radical (unpaired) electrons. The minimum Gasteiger partial charge on any atom is -0.341 e. The molecule has 1 fully saturated rings. The van der Waals surface area contributed by atoms with E-state index in [1.165, 1.54) is 17.8 Å². The van der Waals surface area contributed by atoms with Crippen molar-refractivity contribution in [1.29, 1.82) is 0 Å². The Morgan fingerprint density at radius 3 is 2.43 bits per heavy atom. The Bertz CT molecular complexity index is 1340. The van der Waals surface area contributed by atoms with Crippen LogP contribution in [0.4, 0.5) is 10.2 Å². The van der Waals surface area contributed by atoms with Gasteiger partial charge in [-0.05, 0) is 37.5 Å². The lowest BCUT2D eigenvalue weighted by Crippen LogP contribution is -2.43. The summed E-state index contributed by atoms with van der Waals surface area (Å²) in [5.41, 5.74) is 3.54. The highest BCUT2D eigenvalue weighted by Crippen LogP contribution is 2.49. The van der Waals surface area contributed by atoms with Crippen LogP contribution in [-0.2, 0) is 15.0 Å². The van der Waals surface area contributed by atoms with Gasteiger partial charge in [-0.2, -0.15) is 5.10 Å². The normalized spacial score (nSPS) is 18.2. The van der Waals surface area contributed by atoms with Gasteiger partial charge >= 0.3 is 0 Å². The second kappa shape index (κ2) is 9.97. The van der Waals surface area contributed by atoms with Gasteiger partial charge < -0.3 is 4.90 Å². The van der Waals surface area contributed by atoms with Crippen LogP contribution in [0.5, 0.6) is 0 Å². The molecule has 0 spiro atoms. The van der Waals surface area contributed by atoms with E-state index in [0.717, 1.165) is 35.3 Å². The van der Waals surface area contributed by atoms with E-state index in [-0.39, 0.29) is 35.3 Å². The Hall–Kier alpha value is -3.13. The van der Waals surface area contributed by atoms with Crippen LogP contribution in [0.3, 0.4) is 0 Å². The van der Waals surface area contributed by atoms with E-state index in [4.69, 9.17) is 5.10 Å². The largest absolute Gasteiger partial charge is 0.341 e. The van der Waals surface area contributed by atoms with Gasteiger partial charge in [-0.3, -0.25) is 14.5 Å². The predicted octanol–water partition coefficient (Wildman–Crippen LogP) is 5.41. The fourth-order valence-electron chi connectivity index (χ4n) is 5.18. The van der Waals surface area contributed by atoms with Crippen LogP contribution >= 0.6 is 11.8 Å². The Kier molecular flexibility index (Phi) is 6.88. The van der Waals surface area contributed by atoms with Crippen LogP contribution in [0, 0.1) is 12.7 Å². The van der Waals surface area contributed by atoms with E-state index in [0.29, 0.717) is 24.5 Å². The highest BCUT2D eigenvalue weighted by atomic mass is 32.2. The summed E-state index contributed by atoms with van der Waals surface area (Å²) in [6.07, 6.45) is 1.96. The molecule has 1 aromatic heterocycles. The van der Waals surface area contributed by atoms with Gasteiger partial charge in [0, 0.05) is 29.6 Å². The standard InChI is InChI=1S/C29H33FN4O2S/c1-19-11-5-8-14-22(19)34-28-25(27(31-34)29(2,3)4)26(20-12-6-7-13-21(20)30)37-18-24(36)33(28)17-23(35)32-15-9-10-16-32/h5-8,11-14,26H,9-10,15-18H2,1-4H3/t26-/m0/s1. The zero-order valence-corrected chi connectivity index (χ0v) is 22.6. The van der Waals surface area contributed by atoms with Crippen molar-refractivity contribution in [2.24, 2.45) is 0 Å². The maximum absolute atomic E-state index is 15.2. The van der Waals surface area contributed by atoms with Crippen molar-refractivity contribution in [3.63, 3.8) is 0 Å². The molecule has 8 heteroatoms. The van der Waals surface area contributed by atoms with E-state index >= 15 is 4.39 Å². The van der Waals surface area contributed by atoms with Crippen LogP contribution in [0.15, 0.2) is 48.5 Å². The average Bonchev–Trinajstić information content (AvgIpc) is 3.50. The quantitative estimate of drug-likeness (QED) is 0.462. The molecule has 3 heterocycles. The summed E-state index contributed by atoms with van der Waals surface area (Å²) >= 11 is 1.40. The monoisotopic (exact) mass is 520 g/mol. The first-order chi connectivity index (χ1) is 17.7. The molecule has 5 rings (SSSR count). The molecule has 6 nitrogen and oxygen atoms in total. The van der Waals surface area contributed by atoms with Crippen LogP contribution in [-0.4, -0.2) is 51.9 Å². The number of hydrogen-bond acceptors (Lipinski definition) is 4. The first-order valence-electron chi connectivity index (χ1n) is 12.8. The van der Waals surface area contributed by atoms with Gasteiger partial charge in [-0.25, -0.2) is 9.07 Å². The Morgan fingerprint density at radius 1 is 1.08 bits per heavy atom. The summed E-state index contributed by atoms with van der Waals surface area (Å²) in [5.74, 6) is 0.144. The number of hydrogen-bond donors (Lipinski definition) is 0. The van der Waals surface area contributed by atoms with Crippen molar-refractivity contribution in [3.8, 4) is 5.69 Å². The first kappa shape index (κ1) is 25.5. The summed E-state index contributed by atoms with van der Waals surface area (Å²) in [6, 6.07) is 14.6. The lowest BCUT2D eigenvalue weighted by atomic mass is 9.87. The molecule has 2 aliphatic rings. The van der Waals surface area contributed by atoms with Crippen molar-refractivity contribution in [2.45, 2.75) is 51.2 Å². The van der Waals surface area contributed by atoms with Gasteiger partial charge in [0.25, 0.3) is 0 Å². The number of fused-ring (bicyclic) bond motifs is 1. The number of aryl methyl sites for hydroxylation is 1. The number of likely N-dealkylation sites (tertiary alicyclic amines) is 1. The number of nitrogens with zero attached hydrogens (tertiary/aromatic N) is 4. The number of aromatic nitrogens is 2. The third-order valence-corrected chi connectivity index (χ3v) is 8.32. The Balaban J connectivity index is 1.78. The number of halogens is 1. The molecular weight excluding hydrogens is 487 g/mol. The van der Waals surface area contributed by atoms with Crippen LogP contribution in [0.2, 0.25) is 0 Å². The molecule has 0 bridgehead atoms. The number of rotatable bonds is 4. The maximum atomic E-state index is 15.2. The molecule has 0 N–H and O–H groups in total. The molecule has 0 saturated carbocycles. The predicted molar refractivity (Wildman–Crippen MR) is 146 cm³/mol. The molecule has 37 heavy (non-hydrogen) atoms. The molecule has 1 atom stereocenters. The van der Waals surface area contributed by atoms with Crippen LogP contribution < -0.4 is 4.90 Å². The fraction of sp³-hybridized carbons (Fsp3) is 0.414. The Labute approximate surface area is 221 Å². The lowest BCUT2D eigenvalue weighted by molar-refractivity contribution is -0.130. The van der Waals surface area contributed by atoms with Crippen molar-refractivity contribution >= 4 is 29.4 Å². The van der Waals surface area contributed by atoms with E-state index in [1.54, 1.807) is 21.7 Å². The van der Waals surface area contributed by atoms with Crippen molar-refractivity contribution < 1.29 is 14.0 Å². The smallest absolute Gasteiger partial charge is 0.242 e. The second-order valence-corrected chi connectivity index (χ2v) is 11.9. The molecule has 2 aliphatic heterocycles. The van der Waals surface area contributed by atoms with E-state index < -0.39 is 5.25 Å². The fourth-order valence-corrected chi connectivity index (χ4v) is 6.40. The van der Waals surface area contributed by atoms with Gasteiger partial charge in [0.05, 0.1) is 22.4 Å². The van der Waals surface area contributed by atoms with Gasteiger partial charge in [0.15, 0.2) is 0 Å². The second-order valence-electron chi connectivity index (χ2n) is 10.8. The summed E-state index contributed by atoms with van der Waals surface area (Å²) in [4.78, 5) is 30.5. The molecule has 194 valence electrons. The van der Waals surface area contributed by atoms with Crippen molar-refractivity contribution in [2.75, 3.05) is 30.3 Å². The van der Waals surface area contributed by atoms with Crippen LogP contribution in [0.25, 0.3) is 5.69 Å². The molecule has 3 aromatic rings. The molecule has 2 amide bonds. The molecular formula is C29H33FN4O2S. The lowest BCUT2D eigenvalue weighted by Gasteiger charge is -2.26. The summed E-state index contributed by atoms with van der Waals surface area (Å²) < 4.78 is 17.0. The van der Waals surface area contributed by atoms with Gasteiger partial charge in [-0.1, -0.05) is 57.2 Å². The van der Waals surface area contributed by atoms with E-state index in [1.807, 2.05) is 42.2 Å². The van der Waals surface area contributed by atoms with Gasteiger partial charge in [0.1, 0.15) is 18.2 Å². The number of anilines is 1. The van der Waals surface area contributed by atoms with Crippen LogP contribution in [0.1, 0.15) is 61.2 Å². The summed E-state index contributed by atoms with van der Waals surface area (Å²) in [6.45, 7) is 9.60. The first-order valence-corrected chi connectivity index (χ1v) is 13.8. The summed E-state index contributed by atoms with van der Waals surface area (Å²) in [7, 11) is 0. The maximum Gasteiger partial charge on any atom is 0.242 e. The third kappa shape index (κ3) is 4.79. The average molecular weight is 521 g/mol. The van der Waals surface area contributed by atoms with Gasteiger partial charge in [0.2, 0.25) is 11.8 Å². The van der Waals surface area contributed by atoms with E-state index in [9.17, 15) is 9.59 Å². The summed E-state index contributed by atoms with van der Waals surface area (Å²) in [5, 5.41) is 4.65. The molecule has 1 saturated heterocycles. The molecule has 2 aromatic carbocycles. The van der Waals surface area contributed by atoms with Gasteiger partial charge in [-0.15, -0.1) is 11.8 Å².